The van der Waals surface area contributed by atoms with Crippen LogP contribution in [-0.4, -0.2) is 91.9 Å². The van der Waals surface area contributed by atoms with Crippen molar-refractivity contribution in [3.8, 4) is 5.75 Å². The average Bonchev–Trinajstić information content (AvgIpc) is 2.84. The van der Waals surface area contributed by atoms with E-state index >= 15 is 0 Å². The Hall–Kier alpha value is -4.89. The van der Waals surface area contributed by atoms with Crippen LogP contribution in [0.1, 0.15) is 53.0 Å². The molecule has 0 aliphatic heterocycles. The topological polar surface area (TPSA) is 258 Å². The molecule has 0 saturated carbocycles. The molecule has 0 heterocycles. The lowest BCUT2D eigenvalue weighted by Gasteiger charge is -2.26. The van der Waals surface area contributed by atoms with Gasteiger partial charge in [0.25, 0.3) is 0 Å². The third-order valence-corrected chi connectivity index (χ3v) is 5.64. The van der Waals surface area contributed by atoms with Crippen LogP contribution in [0.4, 0.5) is 4.79 Å². The first kappa shape index (κ1) is 36.1. The highest BCUT2D eigenvalue weighted by atomic mass is 16.6. The Morgan fingerprint density at radius 3 is 1.58 bits per heavy atom. The zero-order valence-electron chi connectivity index (χ0n) is 24.4. The summed E-state index contributed by atoms with van der Waals surface area (Å²) in [7, 11) is 0. The van der Waals surface area contributed by atoms with E-state index < -0.39 is 90.3 Å². The van der Waals surface area contributed by atoms with E-state index in [0.29, 0.717) is 5.56 Å². The quantitative estimate of drug-likeness (QED) is 0.130. The van der Waals surface area contributed by atoms with Gasteiger partial charge in [-0.2, -0.15) is 0 Å². The molecule has 0 spiro atoms. The van der Waals surface area contributed by atoms with Gasteiger partial charge in [-0.15, -0.1) is 0 Å². The van der Waals surface area contributed by atoms with Crippen molar-refractivity contribution in [1.82, 2.24) is 21.3 Å². The second kappa shape index (κ2) is 15.9. The number of carboxylic acid groups (broad SMARTS) is 3. The number of phenols is 1. The number of carboxylic acids is 3. The molecule has 1 aromatic rings. The average molecular weight is 611 g/mol. The molecule has 4 atom stereocenters. The fourth-order valence-corrected chi connectivity index (χ4v) is 3.61. The van der Waals surface area contributed by atoms with E-state index in [1.165, 1.54) is 45.0 Å². The minimum absolute atomic E-state index is 0.0836. The van der Waals surface area contributed by atoms with Crippen LogP contribution in [-0.2, 0) is 39.9 Å². The summed E-state index contributed by atoms with van der Waals surface area (Å²) in [6, 6.07) is -0.922. The normalized spacial score (nSPS) is 13.9. The summed E-state index contributed by atoms with van der Waals surface area (Å²) in [5.41, 5.74) is -0.570. The highest BCUT2D eigenvalue weighted by Gasteiger charge is 2.34. The second-order valence-corrected chi connectivity index (χ2v) is 11.0. The summed E-state index contributed by atoms with van der Waals surface area (Å²) in [5.74, 6) is -8.33. The van der Waals surface area contributed by atoms with Crippen molar-refractivity contribution < 1.29 is 58.7 Å². The number of hydrogen-bond acceptors (Lipinski definition) is 9. The van der Waals surface area contributed by atoms with Gasteiger partial charge in [-0.1, -0.05) is 26.0 Å². The lowest BCUT2D eigenvalue weighted by Crippen LogP contribution is -2.59. The smallest absolute Gasteiger partial charge is 0.408 e. The van der Waals surface area contributed by atoms with Crippen molar-refractivity contribution in [2.45, 2.75) is 83.6 Å². The molecule has 0 aromatic heterocycles. The second-order valence-electron chi connectivity index (χ2n) is 11.0. The molecule has 0 unspecified atom stereocenters. The van der Waals surface area contributed by atoms with Gasteiger partial charge in [0, 0.05) is 6.42 Å². The molecular formula is C27H38N4O12. The molecule has 1 rings (SSSR count). The number of rotatable bonds is 15. The van der Waals surface area contributed by atoms with Crippen LogP contribution in [0.15, 0.2) is 24.3 Å². The summed E-state index contributed by atoms with van der Waals surface area (Å²) >= 11 is 0. The number of nitrogens with one attached hydrogen (secondary N) is 4. The monoisotopic (exact) mass is 610 g/mol. The first-order valence-electron chi connectivity index (χ1n) is 13.1. The van der Waals surface area contributed by atoms with Gasteiger partial charge in [-0.05, 0) is 44.4 Å². The Bertz CT molecular complexity index is 1190. The van der Waals surface area contributed by atoms with Crippen LogP contribution < -0.4 is 21.3 Å². The molecule has 0 saturated heterocycles. The van der Waals surface area contributed by atoms with Crippen molar-refractivity contribution in [3.63, 3.8) is 0 Å². The first-order chi connectivity index (χ1) is 19.8. The van der Waals surface area contributed by atoms with Crippen LogP contribution in [0, 0.1) is 5.92 Å². The van der Waals surface area contributed by atoms with Crippen LogP contribution in [0.5, 0.6) is 5.75 Å². The zero-order valence-corrected chi connectivity index (χ0v) is 24.4. The van der Waals surface area contributed by atoms with Crippen LogP contribution in [0.3, 0.4) is 0 Å². The Morgan fingerprint density at radius 1 is 0.721 bits per heavy atom. The minimum Gasteiger partial charge on any atom is -0.508 e. The van der Waals surface area contributed by atoms with E-state index in [1.54, 1.807) is 13.8 Å². The van der Waals surface area contributed by atoms with Crippen molar-refractivity contribution >= 4 is 41.7 Å². The summed E-state index contributed by atoms with van der Waals surface area (Å²) in [6.07, 6.45) is -3.31. The van der Waals surface area contributed by atoms with Crippen molar-refractivity contribution in [2.24, 2.45) is 5.92 Å². The molecule has 4 amide bonds. The molecule has 16 heteroatoms. The third kappa shape index (κ3) is 13.5. The number of amides is 4. The molecule has 0 radical (unpaired) electrons. The molecule has 43 heavy (non-hydrogen) atoms. The number of carbonyl (C=O) groups is 7. The van der Waals surface area contributed by atoms with Crippen LogP contribution in [0.2, 0.25) is 0 Å². The predicted molar refractivity (Wildman–Crippen MR) is 148 cm³/mol. The molecule has 0 aliphatic rings. The number of ether oxygens (including phenoxy) is 1. The standard InChI is InChI=1S/C27H38N4O12/c1-13(2)21(25(40)41)31-24(39)16(10-14-6-8-15(32)9-7-14)28-22(37)17(11-19(33)34)29-23(38)18(12-20(35)36)30-26(42)43-27(3,4)5/h6-9,13,16-18,21,32H,10-12H2,1-5H3,(H,28,37)(H,29,38)(H,30,42)(H,31,39)(H,33,34)(H,35,36)(H,40,41)/t16-,17-,18-,21-/m0/s1. The largest absolute Gasteiger partial charge is 0.508 e. The fourth-order valence-electron chi connectivity index (χ4n) is 3.61. The van der Waals surface area contributed by atoms with E-state index in [0.717, 1.165) is 0 Å². The summed E-state index contributed by atoms with van der Waals surface area (Å²) in [6.45, 7) is 7.66. The lowest BCUT2D eigenvalue weighted by atomic mass is 10.0. The number of carbonyl (C=O) groups excluding carboxylic acids is 4. The van der Waals surface area contributed by atoms with Crippen molar-refractivity contribution in [1.29, 1.82) is 0 Å². The van der Waals surface area contributed by atoms with Crippen LogP contribution >= 0.6 is 0 Å². The van der Waals surface area contributed by atoms with Gasteiger partial charge in [0.2, 0.25) is 17.7 Å². The van der Waals surface area contributed by atoms with Gasteiger partial charge in [0.15, 0.2) is 0 Å². The van der Waals surface area contributed by atoms with Gasteiger partial charge in [0.05, 0.1) is 12.8 Å². The molecule has 238 valence electrons. The number of aliphatic carboxylic acids is 3. The molecule has 1 aromatic carbocycles. The number of hydrogen-bond donors (Lipinski definition) is 8. The molecular weight excluding hydrogens is 572 g/mol. The molecule has 0 aliphatic carbocycles. The highest BCUT2D eigenvalue weighted by molar-refractivity contribution is 5.97. The number of aromatic hydroxyl groups is 1. The fraction of sp³-hybridized carbons (Fsp3) is 0.519. The molecule has 16 nitrogen and oxygen atoms in total. The maximum absolute atomic E-state index is 13.2. The third-order valence-electron chi connectivity index (χ3n) is 5.64. The van der Waals surface area contributed by atoms with Crippen LogP contribution in [0.25, 0.3) is 0 Å². The number of benzene rings is 1. The Labute approximate surface area is 247 Å². The zero-order chi connectivity index (χ0) is 33.1. The van der Waals surface area contributed by atoms with E-state index in [-0.39, 0.29) is 12.2 Å². The predicted octanol–water partition coefficient (Wildman–Crippen LogP) is -0.0276. The van der Waals surface area contributed by atoms with Crippen molar-refractivity contribution in [3.05, 3.63) is 29.8 Å². The Morgan fingerprint density at radius 2 is 1.16 bits per heavy atom. The van der Waals surface area contributed by atoms with E-state index in [1.807, 2.05) is 0 Å². The summed E-state index contributed by atoms with van der Waals surface area (Å²) < 4.78 is 5.03. The van der Waals surface area contributed by atoms with Gasteiger partial charge >= 0.3 is 24.0 Å². The summed E-state index contributed by atoms with van der Waals surface area (Å²) in [4.78, 5) is 86.0. The minimum atomic E-state index is -1.85. The van der Waals surface area contributed by atoms with E-state index in [9.17, 15) is 54.0 Å². The summed E-state index contributed by atoms with van der Waals surface area (Å²) in [5, 5.41) is 46.4. The molecule has 0 fully saturated rings. The van der Waals surface area contributed by atoms with Gasteiger partial charge in [0.1, 0.15) is 35.5 Å². The van der Waals surface area contributed by atoms with E-state index in [2.05, 4.69) is 21.3 Å². The number of phenolic OH excluding ortho intramolecular Hbond substituents is 1. The Balaban J connectivity index is 3.27. The van der Waals surface area contributed by atoms with Gasteiger partial charge < -0.3 is 46.4 Å². The van der Waals surface area contributed by atoms with Gasteiger partial charge in [-0.25, -0.2) is 9.59 Å². The van der Waals surface area contributed by atoms with Gasteiger partial charge in [-0.3, -0.25) is 24.0 Å². The maximum Gasteiger partial charge on any atom is 0.408 e. The maximum atomic E-state index is 13.2. The first-order valence-corrected chi connectivity index (χ1v) is 13.1. The molecule has 8 N–H and O–H groups in total. The Kier molecular flexibility index (Phi) is 13.4. The van der Waals surface area contributed by atoms with E-state index in [4.69, 9.17) is 4.74 Å². The SMILES string of the molecule is CC(C)[C@H](NC(=O)[C@H](Cc1ccc(O)cc1)NC(=O)[C@H](CC(=O)O)NC(=O)[C@H](CC(=O)O)NC(=O)OC(C)(C)C)C(=O)O. The lowest BCUT2D eigenvalue weighted by molar-refractivity contribution is -0.144. The highest BCUT2D eigenvalue weighted by Crippen LogP contribution is 2.13. The molecule has 0 bridgehead atoms. The van der Waals surface area contributed by atoms with Crippen molar-refractivity contribution in [2.75, 3.05) is 0 Å². The number of alkyl carbamates (subject to hydrolysis) is 1.